The molecule has 0 aliphatic heterocycles. The van der Waals surface area contributed by atoms with E-state index in [0.717, 1.165) is 22.6 Å². The molecule has 1 aromatic carbocycles. The molecule has 0 spiro atoms. The molecule has 0 bridgehead atoms. The van der Waals surface area contributed by atoms with E-state index >= 15 is 0 Å². The number of aromatic amines is 1. The van der Waals surface area contributed by atoms with Gasteiger partial charge in [-0.1, -0.05) is 16.8 Å². The van der Waals surface area contributed by atoms with E-state index in [-0.39, 0.29) is 12.3 Å². The molecule has 4 aromatic rings. The van der Waals surface area contributed by atoms with Gasteiger partial charge in [0.1, 0.15) is 12.1 Å². The minimum atomic E-state index is -0.193. The Bertz CT molecular complexity index is 1120. The zero-order chi connectivity index (χ0) is 20.2. The number of hydrogen-bond acceptors (Lipinski definition) is 9. The molecule has 0 atom stereocenters. The number of nitrogens with zero attached hydrogens (tertiary/aromatic N) is 5. The third-order valence-corrected chi connectivity index (χ3v) is 4.80. The first kappa shape index (κ1) is 18.7. The van der Waals surface area contributed by atoms with Crippen LogP contribution in [0.25, 0.3) is 22.9 Å². The number of aromatic nitrogens is 6. The second-order valence-corrected chi connectivity index (χ2v) is 6.99. The van der Waals surface area contributed by atoms with Crippen molar-refractivity contribution in [2.75, 3.05) is 12.4 Å². The van der Waals surface area contributed by atoms with E-state index in [2.05, 4.69) is 35.6 Å². The average molecular weight is 411 g/mol. The van der Waals surface area contributed by atoms with Gasteiger partial charge < -0.3 is 14.6 Å². The Balaban J connectivity index is 1.37. The van der Waals surface area contributed by atoms with Crippen LogP contribution in [0.1, 0.15) is 17.9 Å². The molecule has 0 unspecified atom stereocenters. The number of hydrogen-bond donors (Lipinski definition) is 2. The van der Waals surface area contributed by atoms with E-state index in [9.17, 15) is 4.79 Å². The van der Waals surface area contributed by atoms with Crippen molar-refractivity contribution in [3.05, 3.63) is 41.4 Å². The van der Waals surface area contributed by atoms with Crippen LogP contribution in [0.4, 0.5) is 5.13 Å². The van der Waals surface area contributed by atoms with Gasteiger partial charge in [0.15, 0.2) is 11.0 Å². The highest BCUT2D eigenvalue weighted by molar-refractivity contribution is 7.14. The molecule has 2 N–H and O–H groups in total. The summed E-state index contributed by atoms with van der Waals surface area (Å²) >= 11 is 1.35. The molecule has 0 aliphatic carbocycles. The van der Waals surface area contributed by atoms with Crippen molar-refractivity contribution in [1.82, 2.24) is 30.3 Å². The van der Waals surface area contributed by atoms with Crippen LogP contribution in [0.3, 0.4) is 0 Å². The summed E-state index contributed by atoms with van der Waals surface area (Å²) < 4.78 is 10.5. The summed E-state index contributed by atoms with van der Waals surface area (Å²) in [6, 6.07) is 5.88. The number of carbonyl (C=O) groups is 1. The van der Waals surface area contributed by atoms with E-state index in [1.807, 2.05) is 30.5 Å². The quantitative estimate of drug-likeness (QED) is 0.474. The molecule has 0 radical (unpaired) electrons. The Hall–Kier alpha value is -3.60. The molecule has 0 fully saturated rings. The molecule has 4 rings (SSSR count). The summed E-state index contributed by atoms with van der Waals surface area (Å²) in [7, 11) is 1.62. The molecule has 11 heteroatoms. The lowest BCUT2D eigenvalue weighted by atomic mass is 10.1. The first-order chi connectivity index (χ1) is 14.1. The smallest absolute Gasteiger partial charge is 0.239 e. The maximum absolute atomic E-state index is 12.3. The van der Waals surface area contributed by atoms with Crippen LogP contribution >= 0.6 is 11.3 Å². The molecule has 0 aliphatic rings. The van der Waals surface area contributed by atoms with Crippen molar-refractivity contribution >= 4 is 22.4 Å². The highest BCUT2D eigenvalue weighted by atomic mass is 32.1. The third kappa shape index (κ3) is 4.29. The van der Waals surface area contributed by atoms with Crippen LogP contribution in [0.2, 0.25) is 0 Å². The highest BCUT2D eigenvalue weighted by Crippen LogP contribution is 2.33. The molecule has 29 heavy (non-hydrogen) atoms. The van der Waals surface area contributed by atoms with Gasteiger partial charge in [0.2, 0.25) is 17.6 Å². The molecule has 0 saturated heterocycles. The van der Waals surface area contributed by atoms with E-state index in [0.29, 0.717) is 29.1 Å². The Labute approximate surface area is 169 Å². The van der Waals surface area contributed by atoms with Gasteiger partial charge in [-0.25, -0.2) is 9.97 Å². The number of nitrogens with one attached hydrogen (secondary N) is 2. The van der Waals surface area contributed by atoms with Gasteiger partial charge in [0, 0.05) is 23.8 Å². The molecule has 0 saturated carbocycles. The highest BCUT2D eigenvalue weighted by Gasteiger charge is 2.15. The van der Waals surface area contributed by atoms with Gasteiger partial charge >= 0.3 is 0 Å². The molecular weight excluding hydrogens is 394 g/mol. The number of carbonyl (C=O) groups excluding carboxylic acids is 1. The number of amides is 1. The number of ether oxygens (including phenoxy) is 1. The SMILES string of the molecule is COc1ccc(C)cc1-c1csc(NC(=O)CCc2nc(-c3ncn[nH]3)no2)n1. The summed E-state index contributed by atoms with van der Waals surface area (Å²) in [4.78, 5) is 24.9. The van der Waals surface area contributed by atoms with E-state index in [4.69, 9.17) is 9.26 Å². The Kier molecular flexibility index (Phi) is 5.29. The fourth-order valence-corrected chi connectivity index (χ4v) is 3.37. The normalized spacial score (nSPS) is 10.8. The number of thiazole rings is 1. The van der Waals surface area contributed by atoms with E-state index in [1.165, 1.54) is 17.7 Å². The van der Waals surface area contributed by atoms with Crippen molar-refractivity contribution < 1.29 is 14.1 Å². The van der Waals surface area contributed by atoms with E-state index < -0.39 is 0 Å². The van der Waals surface area contributed by atoms with Crippen LogP contribution in [-0.2, 0) is 11.2 Å². The number of anilines is 1. The average Bonchev–Trinajstić information content (AvgIpc) is 3.47. The van der Waals surface area contributed by atoms with Crippen molar-refractivity contribution in [3.63, 3.8) is 0 Å². The predicted molar refractivity (Wildman–Crippen MR) is 105 cm³/mol. The lowest BCUT2D eigenvalue weighted by Crippen LogP contribution is -2.12. The summed E-state index contributed by atoms with van der Waals surface area (Å²) in [5.41, 5.74) is 2.73. The summed E-state index contributed by atoms with van der Waals surface area (Å²) in [5.74, 6) is 1.59. The second kappa shape index (κ2) is 8.19. The number of rotatable bonds is 7. The number of H-pyrrole nitrogens is 1. The number of benzene rings is 1. The topological polar surface area (TPSA) is 132 Å². The van der Waals surface area contributed by atoms with Crippen LogP contribution < -0.4 is 10.1 Å². The summed E-state index contributed by atoms with van der Waals surface area (Å²) in [5, 5.41) is 15.4. The lowest BCUT2D eigenvalue weighted by molar-refractivity contribution is -0.116. The van der Waals surface area contributed by atoms with Crippen LogP contribution in [0.15, 0.2) is 34.4 Å². The van der Waals surface area contributed by atoms with Gasteiger partial charge in [-0.15, -0.1) is 11.3 Å². The maximum atomic E-state index is 12.3. The molecule has 3 heterocycles. The monoisotopic (exact) mass is 411 g/mol. The van der Waals surface area contributed by atoms with Gasteiger partial charge in [-0.3, -0.25) is 9.89 Å². The second-order valence-electron chi connectivity index (χ2n) is 6.14. The van der Waals surface area contributed by atoms with Gasteiger partial charge in [-0.05, 0) is 19.1 Å². The Morgan fingerprint density at radius 3 is 3.03 bits per heavy atom. The molecule has 1 amide bonds. The Morgan fingerprint density at radius 2 is 2.24 bits per heavy atom. The fraction of sp³-hybridized carbons (Fsp3) is 0.222. The predicted octanol–water partition coefficient (Wildman–Crippen LogP) is 2.87. The van der Waals surface area contributed by atoms with Crippen molar-refractivity contribution in [3.8, 4) is 28.7 Å². The van der Waals surface area contributed by atoms with Crippen molar-refractivity contribution in [2.24, 2.45) is 0 Å². The van der Waals surface area contributed by atoms with Gasteiger partial charge in [-0.2, -0.15) is 10.1 Å². The molecule has 148 valence electrons. The standard InChI is InChI=1S/C18H17N7O3S/c1-10-3-4-13(27-2)11(7-10)12-8-29-18(21-12)22-14(26)5-6-15-23-17(25-28-15)16-19-9-20-24-16/h3-4,7-9H,5-6H2,1-2H3,(H,19,20,24)(H,21,22,26). The fourth-order valence-electron chi connectivity index (χ4n) is 2.64. The minimum absolute atomic E-state index is 0.181. The van der Waals surface area contributed by atoms with E-state index in [1.54, 1.807) is 7.11 Å². The van der Waals surface area contributed by atoms with Crippen molar-refractivity contribution in [1.29, 1.82) is 0 Å². The first-order valence-electron chi connectivity index (χ1n) is 8.71. The first-order valence-corrected chi connectivity index (χ1v) is 9.59. The van der Waals surface area contributed by atoms with Gasteiger partial charge in [0.25, 0.3) is 0 Å². The summed E-state index contributed by atoms with van der Waals surface area (Å²) in [6.45, 7) is 2.00. The third-order valence-electron chi connectivity index (χ3n) is 4.04. The van der Waals surface area contributed by atoms with Gasteiger partial charge in [0.05, 0.1) is 12.8 Å². The minimum Gasteiger partial charge on any atom is -0.496 e. The number of aryl methyl sites for hydroxylation is 2. The van der Waals surface area contributed by atoms with Crippen LogP contribution in [-0.4, -0.2) is 43.3 Å². The summed E-state index contributed by atoms with van der Waals surface area (Å²) in [6.07, 6.45) is 1.84. The van der Waals surface area contributed by atoms with Crippen molar-refractivity contribution in [2.45, 2.75) is 19.8 Å². The molecule has 10 nitrogen and oxygen atoms in total. The maximum Gasteiger partial charge on any atom is 0.239 e. The molecular formula is C18H17N7O3S. The van der Waals surface area contributed by atoms with Crippen LogP contribution in [0, 0.1) is 6.92 Å². The Morgan fingerprint density at radius 1 is 1.34 bits per heavy atom. The molecule has 3 aromatic heterocycles. The zero-order valence-electron chi connectivity index (χ0n) is 15.7. The lowest BCUT2D eigenvalue weighted by Gasteiger charge is -2.07. The largest absolute Gasteiger partial charge is 0.496 e. The van der Waals surface area contributed by atoms with Crippen LogP contribution in [0.5, 0.6) is 5.75 Å². The number of methoxy groups -OCH3 is 1. The zero-order valence-corrected chi connectivity index (χ0v) is 16.5.